The molecule has 0 spiro atoms. The zero-order valence-electron chi connectivity index (χ0n) is 20.4. The van der Waals surface area contributed by atoms with Crippen molar-refractivity contribution in [2.75, 3.05) is 33.3 Å². The molecule has 6 heteroatoms. The van der Waals surface area contributed by atoms with Gasteiger partial charge in [-0.2, -0.15) is 0 Å². The van der Waals surface area contributed by atoms with Crippen LogP contribution in [-0.4, -0.2) is 71.0 Å². The molecular weight excluding hydrogens is 416 g/mol. The molecule has 6 nitrogen and oxygen atoms in total. The van der Waals surface area contributed by atoms with Crippen LogP contribution < -0.4 is 0 Å². The van der Waals surface area contributed by atoms with E-state index in [4.69, 9.17) is 4.74 Å². The van der Waals surface area contributed by atoms with Crippen LogP contribution in [0.4, 0.5) is 4.79 Å². The van der Waals surface area contributed by atoms with Crippen molar-refractivity contribution in [3.63, 3.8) is 0 Å². The van der Waals surface area contributed by atoms with Crippen LogP contribution >= 0.6 is 0 Å². The summed E-state index contributed by atoms with van der Waals surface area (Å²) in [6.07, 6.45) is 2.36. The van der Waals surface area contributed by atoms with Crippen molar-refractivity contribution >= 4 is 6.09 Å². The van der Waals surface area contributed by atoms with Gasteiger partial charge in [0.1, 0.15) is 5.60 Å². The largest absolute Gasteiger partial charge is 0.465 e. The normalized spacial score (nSPS) is 33.7. The van der Waals surface area contributed by atoms with Crippen LogP contribution in [0.3, 0.4) is 0 Å². The van der Waals surface area contributed by atoms with Gasteiger partial charge in [0.15, 0.2) is 5.60 Å². The maximum atomic E-state index is 12.2. The maximum absolute atomic E-state index is 12.2. The smallest absolute Gasteiger partial charge is 0.407 e. The Balaban J connectivity index is 1.73. The van der Waals surface area contributed by atoms with Crippen LogP contribution in [0, 0.1) is 29.1 Å². The first-order chi connectivity index (χ1) is 15.6. The quantitative estimate of drug-likeness (QED) is 0.680. The van der Waals surface area contributed by atoms with Crippen LogP contribution in [0.2, 0.25) is 0 Å². The number of ether oxygens (including phenoxy) is 1. The highest BCUT2D eigenvalue weighted by Gasteiger charge is 2.49. The van der Waals surface area contributed by atoms with Crippen LogP contribution in [-0.2, 0) is 10.3 Å². The molecule has 1 aromatic carbocycles. The summed E-state index contributed by atoms with van der Waals surface area (Å²) in [5, 5.41) is 22.0. The number of piperidine rings is 4. The van der Waals surface area contributed by atoms with Crippen LogP contribution in [0.15, 0.2) is 30.3 Å². The minimum Gasteiger partial charge on any atom is -0.465 e. The third-order valence-corrected chi connectivity index (χ3v) is 8.19. The second kappa shape index (κ2) is 8.94. The van der Waals surface area contributed by atoms with Crippen LogP contribution in [0.25, 0.3) is 0 Å². The van der Waals surface area contributed by atoms with Crippen molar-refractivity contribution in [3.05, 3.63) is 35.9 Å². The number of hydrogen-bond acceptors (Lipinski definition) is 4. The number of hydrogen-bond donors (Lipinski definition) is 2. The summed E-state index contributed by atoms with van der Waals surface area (Å²) in [5.41, 5.74) is -1.41. The van der Waals surface area contributed by atoms with E-state index in [9.17, 15) is 15.0 Å². The summed E-state index contributed by atoms with van der Waals surface area (Å²) >= 11 is 0. The van der Waals surface area contributed by atoms with E-state index < -0.39 is 17.3 Å². The van der Waals surface area contributed by atoms with Gasteiger partial charge >= 0.3 is 6.09 Å². The highest BCUT2D eigenvalue weighted by Crippen LogP contribution is 2.43. The predicted molar refractivity (Wildman–Crippen MR) is 128 cm³/mol. The van der Waals surface area contributed by atoms with Crippen LogP contribution in [0.5, 0.6) is 0 Å². The van der Waals surface area contributed by atoms with Crippen molar-refractivity contribution in [3.8, 4) is 11.8 Å². The van der Waals surface area contributed by atoms with E-state index in [0.717, 1.165) is 38.0 Å². The fourth-order valence-electron chi connectivity index (χ4n) is 6.14. The van der Waals surface area contributed by atoms with E-state index in [0.29, 0.717) is 25.3 Å². The zero-order chi connectivity index (χ0) is 23.9. The number of nitrogens with zero attached hydrogens (tertiary/aromatic N) is 2. The van der Waals surface area contributed by atoms with E-state index in [1.807, 2.05) is 30.3 Å². The molecule has 0 aliphatic carbocycles. The minimum absolute atomic E-state index is 0.179. The molecule has 0 aromatic heterocycles. The minimum atomic E-state index is -1.37. The molecule has 0 saturated carbocycles. The third kappa shape index (κ3) is 4.51. The summed E-state index contributed by atoms with van der Waals surface area (Å²) in [6.45, 7) is 9.53. The highest BCUT2D eigenvalue weighted by atomic mass is 16.5. The molecule has 4 aliphatic rings. The number of carbonyl (C=O) groups is 1. The van der Waals surface area contributed by atoms with Crippen molar-refractivity contribution in [1.82, 2.24) is 9.80 Å². The standard InChI is InChI=1S/C27H38N2O4/c1-25(2,3)23-18-22(12-17-29(23)24(30)31)27(32,21-8-6-5-7-9-21)14-13-26(33-4)19-28-15-10-20(26)11-16-28/h5-9,20,22-23,32H,10-12,15-19H2,1-4H3,(H,30,31)/t22?,23?,26-,27?/m1/s1. The Morgan fingerprint density at radius 1 is 1.12 bits per heavy atom. The summed E-state index contributed by atoms with van der Waals surface area (Å²) in [5.74, 6) is 6.97. The van der Waals surface area contributed by atoms with Gasteiger partial charge in [0.05, 0.1) is 0 Å². The second-order valence-corrected chi connectivity index (χ2v) is 11.1. The fourth-order valence-corrected chi connectivity index (χ4v) is 6.14. The zero-order valence-corrected chi connectivity index (χ0v) is 20.4. The van der Waals surface area contributed by atoms with Crippen LogP contribution in [0.1, 0.15) is 52.0 Å². The predicted octanol–water partition coefficient (Wildman–Crippen LogP) is 3.79. The molecule has 1 aromatic rings. The molecule has 4 atom stereocenters. The molecule has 2 bridgehead atoms. The first kappa shape index (κ1) is 24.1. The Bertz CT molecular complexity index is 910. The second-order valence-electron chi connectivity index (χ2n) is 11.1. The Labute approximate surface area is 197 Å². The van der Waals surface area contributed by atoms with E-state index in [1.54, 1.807) is 12.0 Å². The number of benzene rings is 1. The van der Waals surface area contributed by atoms with Gasteiger partial charge in [0.25, 0.3) is 0 Å². The van der Waals surface area contributed by atoms with E-state index in [-0.39, 0.29) is 17.4 Å². The lowest BCUT2D eigenvalue weighted by Crippen LogP contribution is -2.59. The molecule has 4 aliphatic heterocycles. The monoisotopic (exact) mass is 454 g/mol. The SMILES string of the molecule is CO[C@]1(C#CC(O)(c2ccccc2)C2CCN(C(=O)O)C(C(C)(C)C)C2)CN2CCC1CC2. The average Bonchev–Trinajstić information content (AvgIpc) is 2.83. The number of amides is 1. The lowest BCUT2D eigenvalue weighted by atomic mass is 9.69. The maximum Gasteiger partial charge on any atom is 0.407 e. The lowest BCUT2D eigenvalue weighted by Gasteiger charge is -2.50. The molecule has 3 unspecified atom stereocenters. The first-order valence-electron chi connectivity index (χ1n) is 12.2. The van der Waals surface area contributed by atoms with Crippen molar-refractivity contribution in [2.45, 2.75) is 63.7 Å². The Kier molecular flexibility index (Phi) is 6.52. The highest BCUT2D eigenvalue weighted by molar-refractivity contribution is 5.65. The summed E-state index contributed by atoms with van der Waals surface area (Å²) in [4.78, 5) is 15.9. The number of methoxy groups -OCH3 is 1. The van der Waals surface area contributed by atoms with Gasteiger partial charge in [-0.25, -0.2) is 4.79 Å². The van der Waals surface area contributed by atoms with Crippen molar-refractivity contribution in [1.29, 1.82) is 0 Å². The first-order valence-corrected chi connectivity index (χ1v) is 12.2. The number of rotatable bonds is 3. The molecule has 33 heavy (non-hydrogen) atoms. The summed E-state index contributed by atoms with van der Waals surface area (Å²) in [6, 6.07) is 9.46. The van der Waals surface area contributed by atoms with Gasteiger partial charge in [-0.05, 0) is 49.8 Å². The number of fused-ring (bicyclic) bond motifs is 3. The van der Waals surface area contributed by atoms with Gasteiger partial charge < -0.3 is 19.8 Å². The molecule has 4 heterocycles. The van der Waals surface area contributed by atoms with Gasteiger partial charge in [-0.15, -0.1) is 0 Å². The topological polar surface area (TPSA) is 73.2 Å². The van der Waals surface area contributed by atoms with Crippen molar-refractivity contribution in [2.24, 2.45) is 17.3 Å². The van der Waals surface area contributed by atoms with Crippen molar-refractivity contribution < 1.29 is 19.7 Å². The molecule has 5 rings (SSSR count). The van der Waals surface area contributed by atoms with Gasteiger partial charge in [0.2, 0.25) is 0 Å². The number of carboxylic acid groups (broad SMARTS) is 1. The van der Waals surface area contributed by atoms with E-state index in [1.165, 1.54) is 0 Å². The Hall–Kier alpha value is -2.07. The van der Waals surface area contributed by atoms with Gasteiger partial charge in [0, 0.05) is 38.1 Å². The molecule has 0 radical (unpaired) electrons. The number of likely N-dealkylation sites (tertiary alicyclic amines) is 1. The molecule has 4 fully saturated rings. The van der Waals surface area contributed by atoms with Gasteiger partial charge in [-0.3, -0.25) is 4.90 Å². The van der Waals surface area contributed by atoms with E-state index >= 15 is 0 Å². The third-order valence-electron chi connectivity index (χ3n) is 8.19. The molecular formula is C27H38N2O4. The Morgan fingerprint density at radius 2 is 1.79 bits per heavy atom. The molecule has 1 amide bonds. The summed E-state index contributed by atoms with van der Waals surface area (Å²) < 4.78 is 6.04. The lowest BCUT2D eigenvalue weighted by molar-refractivity contribution is -0.0970. The Morgan fingerprint density at radius 3 is 2.30 bits per heavy atom. The van der Waals surface area contributed by atoms with Gasteiger partial charge in [-0.1, -0.05) is 62.9 Å². The molecule has 4 saturated heterocycles. The average molecular weight is 455 g/mol. The molecule has 2 N–H and O–H groups in total. The van der Waals surface area contributed by atoms with E-state index in [2.05, 4.69) is 37.5 Å². The fraction of sp³-hybridized carbons (Fsp3) is 0.667. The molecule has 180 valence electrons. The summed E-state index contributed by atoms with van der Waals surface area (Å²) in [7, 11) is 1.74. The number of aliphatic hydroxyl groups is 1.